The Morgan fingerprint density at radius 1 is 1.10 bits per heavy atom. The summed E-state index contributed by atoms with van der Waals surface area (Å²) in [5.41, 5.74) is 2.68. The average molecular weight is 479 g/mol. The summed E-state index contributed by atoms with van der Waals surface area (Å²) < 4.78 is 53.9. The van der Waals surface area contributed by atoms with Gasteiger partial charge in [0.05, 0.1) is 16.8 Å². The van der Waals surface area contributed by atoms with Crippen molar-refractivity contribution in [1.82, 2.24) is 19.9 Å². The second-order valence-electron chi connectivity index (χ2n) is 6.97. The smallest absolute Gasteiger partial charge is 0.244 e. The van der Waals surface area contributed by atoms with E-state index in [1.807, 2.05) is 48.5 Å². The van der Waals surface area contributed by atoms with E-state index in [2.05, 4.69) is 19.9 Å². The summed E-state index contributed by atoms with van der Waals surface area (Å²) in [6.07, 6.45) is 1.07. The average Bonchev–Trinajstić information content (AvgIpc) is 3.38. The molecule has 0 amide bonds. The number of aromatic nitrogens is 3. The number of hydrogen-bond acceptors (Lipinski definition) is 9. The molecule has 9 nitrogen and oxygen atoms in total. The Labute approximate surface area is 184 Å². The number of thiazole rings is 1. The van der Waals surface area contributed by atoms with Gasteiger partial charge in [0.2, 0.25) is 22.7 Å². The summed E-state index contributed by atoms with van der Waals surface area (Å²) in [6, 6.07) is 15.6. The number of thiol groups is 1. The highest BCUT2D eigenvalue weighted by Gasteiger charge is 2.47. The van der Waals surface area contributed by atoms with Gasteiger partial charge in [-0.1, -0.05) is 36.4 Å². The van der Waals surface area contributed by atoms with Gasteiger partial charge in [0.1, 0.15) is 5.01 Å². The third-order valence-electron chi connectivity index (χ3n) is 4.88. The van der Waals surface area contributed by atoms with Crippen molar-refractivity contribution in [2.24, 2.45) is 0 Å². The molecule has 0 aliphatic carbocycles. The minimum atomic E-state index is -3.79. The topological polar surface area (TPSA) is 132 Å². The molecule has 1 atom stereocenters. The van der Waals surface area contributed by atoms with Gasteiger partial charge < -0.3 is 4.42 Å². The number of hydrogen-bond donors (Lipinski definition) is 2. The lowest BCUT2D eigenvalue weighted by molar-refractivity contribution is 0.413. The highest BCUT2D eigenvalue weighted by Crippen LogP contribution is 2.41. The molecular formula is C19H18N4O5S3. The minimum Gasteiger partial charge on any atom is -0.422 e. The molecule has 1 N–H and O–H groups in total. The van der Waals surface area contributed by atoms with Gasteiger partial charge in [-0.25, -0.2) is 26.5 Å². The van der Waals surface area contributed by atoms with E-state index < -0.39 is 25.5 Å². The van der Waals surface area contributed by atoms with Crippen LogP contribution in [0.1, 0.15) is 23.7 Å². The largest absolute Gasteiger partial charge is 0.422 e. The van der Waals surface area contributed by atoms with Crippen LogP contribution >= 0.6 is 11.3 Å². The number of sulfone groups is 1. The quantitative estimate of drug-likeness (QED) is 0.387. The molecule has 4 rings (SSSR count). The molecule has 1 unspecified atom stereocenters. The van der Waals surface area contributed by atoms with E-state index in [4.69, 9.17) is 4.42 Å². The van der Waals surface area contributed by atoms with Crippen LogP contribution in [0.3, 0.4) is 0 Å². The molecule has 12 heteroatoms. The molecule has 0 saturated carbocycles. The molecule has 2 heterocycles. The zero-order valence-electron chi connectivity index (χ0n) is 16.5. The first kappa shape index (κ1) is 21.6. The number of nitrogens with zero attached hydrogens (tertiary/aromatic N) is 3. The van der Waals surface area contributed by atoms with E-state index in [1.165, 1.54) is 18.3 Å². The van der Waals surface area contributed by atoms with E-state index in [0.29, 0.717) is 5.52 Å². The zero-order valence-corrected chi connectivity index (χ0v) is 19.0. The van der Waals surface area contributed by atoms with Crippen LogP contribution in [-0.4, -0.2) is 38.3 Å². The number of fused-ring (bicyclic) bond motifs is 1. The maximum absolute atomic E-state index is 12.8. The Hall–Kier alpha value is -2.67. The summed E-state index contributed by atoms with van der Waals surface area (Å²) in [5, 5.41) is 7.93. The lowest BCUT2D eigenvalue weighted by Gasteiger charge is -2.20. The summed E-state index contributed by atoms with van der Waals surface area (Å²) >= 11 is 1.23. The molecule has 162 valence electrons. The molecular weight excluding hydrogens is 460 g/mol. The fourth-order valence-electron chi connectivity index (χ4n) is 3.00. The van der Waals surface area contributed by atoms with Gasteiger partial charge in [-0.3, -0.25) is 0 Å². The maximum atomic E-state index is 12.8. The van der Waals surface area contributed by atoms with Crippen LogP contribution in [-0.2, 0) is 32.0 Å². The third-order valence-corrected chi connectivity index (χ3v) is 8.52. The fraction of sp³-hybridized carbons (Fsp3) is 0.211. The van der Waals surface area contributed by atoms with Crippen molar-refractivity contribution in [3.63, 3.8) is 0 Å². The van der Waals surface area contributed by atoms with Crippen molar-refractivity contribution in [2.75, 3.05) is 6.26 Å². The number of rotatable bonds is 7. The van der Waals surface area contributed by atoms with Crippen molar-refractivity contribution in [3.8, 4) is 11.1 Å². The number of benzene rings is 2. The molecule has 2 aromatic carbocycles. The second-order valence-corrected chi connectivity index (χ2v) is 11.2. The van der Waals surface area contributed by atoms with Crippen molar-refractivity contribution in [3.05, 3.63) is 65.3 Å². The normalized spacial score (nSPS) is 14.2. The van der Waals surface area contributed by atoms with Crippen LogP contribution in [0.15, 0.2) is 52.9 Å². The van der Waals surface area contributed by atoms with Crippen molar-refractivity contribution in [2.45, 2.75) is 18.2 Å². The first-order valence-corrected chi connectivity index (χ1v) is 12.9. The molecule has 2 aromatic heterocycles. The van der Waals surface area contributed by atoms with E-state index >= 15 is 0 Å². The van der Waals surface area contributed by atoms with Crippen molar-refractivity contribution >= 4 is 42.3 Å². The second kappa shape index (κ2) is 8.11. The predicted octanol–water partition coefficient (Wildman–Crippen LogP) is 2.27. The van der Waals surface area contributed by atoms with Crippen LogP contribution in [0.25, 0.3) is 21.3 Å². The predicted molar refractivity (Wildman–Crippen MR) is 118 cm³/mol. The molecule has 0 bridgehead atoms. The van der Waals surface area contributed by atoms with Crippen LogP contribution in [0, 0.1) is 0 Å². The van der Waals surface area contributed by atoms with E-state index in [0.717, 1.165) is 22.1 Å². The van der Waals surface area contributed by atoms with Crippen LogP contribution in [0.2, 0.25) is 0 Å². The Bertz CT molecular complexity index is 1420. The highest BCUT2D eigenvalue weighted by atomic mass is 32.2. The van der Waals surface area contributed by atoms with Gasteiger partial charge >= 0.3 is 0 Å². The van der Waals surface area contributed by atoms with Gasteiger partial charge in [0.15, 0.2) is 14.6 Å². The summed E-state index contributed by atoms with van der Waals surface area (Å²) in [5.74, 6) is -0.216. The first-order valence-electron chi connectivity index (χ1n) is 9.05. The van der Waals surface area contributed by atoms with Gasteiger partial charge in [0.25, 0.3) is 0 Å². The molecule has 0 aliphatic heterocycles. The molecule has 0 fully saturated rings. The van der Waals surface area contributed by atoms with Crippen molar-refractivity contribution in [1.29, 1.82) is 0 Å². The minimum absolute atomic E-state index is 0.0449. The molecule has 0 spiro atoms. The van der Waals surface area contributed by atoms with E-state index in [-0.39, 0.29) is 23.3 Å². The lowest BCUT2D eigenvalue weighted by atomic mass is 10.1. The SMILES string of the molecule is CC(c1nnc(CN[SH](=O)=O)o1)(c1nc2ccc(-c3ccccc3)cc2s1)S(C)(=O)=O. The van der Waals surface area contributed by atoms with Gasteiger partial charge in [-0.05, 0) is 30.2 Å². The Morgan fingerprint density at radius 3 is 2.52 bits per heavy atom. The Morgan fingerprint density at radius 2 is 1.84 bits per heavy atom. The van der Waals surface area contributed by atoms with E-state index in [1.54, 1.807) is 0 Å². The Kier molecular flexibility index (Phi) is 5.64. The van der Waals surface area contributed by atoms with Gasteiger partial charge in [-0.2, -0.15) is 0 Å². The molecule has 4 aromatic rings. The zero-order chi connectivity index (χ0) is 22.2. The third kappa shape index (κ3) is 4.11. The molecule has 0 aliphatic rings. The van der Waals surface area contributed by atoms with Gasteiger partial charge in [-0.15, -0.1) is 21.5 Å². The molecule has 0 saturated heterocycles. The monoisotopic (exact) mass is 478 g/mol. The van der Waals surface area contributed by atoms with E-state index in [9.17, 15) is 16.8 Å². The lowest BCUT2D eigenvalue weighted by Crippen LogP contribution is -2.33. The van der Waals surface area contributed by atoms with Gasteiger partial charge in [0, 0.05) is 6.26 Å². The first-order chi connectivity index (χ1) is 14.7. The molecule has 0 radical (unpaired) electrons. The van der Waals surface area contributed by atoms with Crippen LogP contribution in [0.5, 0.6) is 0 Å². The Balaban J connectivity index is 1.79. The fourth-order valence-corrected chi connectivity index (χ4v) is 5.64. The van der Waals surface area contributed by atoms with Crippen LogP contribution in [0.4, 0.5) is 0 Å². The summed E-state index contributed by atoms with van der Waals surface area (Å²) in [6.45, 7) is 1.22. The summed E-state index contributed by atoms with van der Waals surface area (Å²) in [4.78, 5) is 4.55. The molecule has 31 heavy (non-hydrogen) atoms. The standard InChI is InChI=1S/C19H18N4O5S3/c1-19(31(2,26)27,17-23-22-16(28-17)11-20-30(24)25)18-21-14-9-8-13(10-15(14)29-18)12-6-4-3-5-7-12/h3-10,30H,11H2,1-2H3,(H,20,24,25). The summed E-state index contributed by atoms with van der Waals surface area (Å²) in [7, 11) is -6.64. The van der Waals surface area contributed by atoms with Crippen LogP contribution < -0.4 is 4.72 Å². The maximum Gasteiger partial charge on any atom is 0.244 e. The number of nitrogens with one attached hydrogen (secondary N) is 1. The highest BCUT2D eigenvalue weighted by molar-refractivity contribution is 7.92. The van der Waals surface area contributed by atoms with Crippen molar-refractivity contribution < 1.29 is 21.3 Å².